The lowest BCUT2D eigenvalue weighted by molar-refractivity contribution is 0.0601. The summed E-state index contributed by atoms with van der Waals surface area (Å²) in [4.78, 5) is 11.4. The summed E-state index contributed by atoms with van der Waals surface area (Å²) in [6.45, 7) is 0. The van der Waals surface area contributed by atoms with Crippen LogP contribution in [0.1, 0.15) is 10.4 Å². The molecule has 3 nitrogen and oxygen atoms in total. The second kappa shape index (κ2) is 6.46. The number of carbonyl (C=O) groups excluding carboxylic acids is 1. The van der Waals surface area contributed by atoms with Crippen molar-refractivity contribution < 1.29 is 14.1 Å². The van der Waals surface area contributed by atoms with Gasteiger partial charge in [0, 0.05) is 17.7 Å². The summed E-state index contributed by atoms with van der Waals surface area (Å²) >= 11 is 0. The van der Waals surface area contributed by atoms with E-state index < -0.39 is 8.15 Å². The third kappa shape index (κ3) is 3.19. The fourth-order valence-corrected chi connectivity index (χ4v) is 3.36. The van der Waals surface area contributed by atoms with E-state index in [1.807, 2.05) is 42.5 Å². The Bertz CT molecular complexity index is 537. The fourth-order valence-electron chi connectivity index (χ4n) is 1.77. The van der Waals surface area contributed by atoms with Crippen molar-refractivity contribution >= 4 is 24.7 Å². The van der Waals surface area contributed by atoms with Crippen molar-refractivity contribution in [2.45, 2.75) is 0 Å². The molecule has 98 valence electrons. The van der Waals surface area contributed by atoms with Crippen LogP contribution in [-0.4, -0.2) is 20.2 Å². The molecule has 19 heavy (non-hydrogen) atoms. The van der Waals surface area contributed by atoms with Gasteiger partial charge in [-0.3, -0.25) is 0 Å². The maximum atomic E-state index is 11.4. The largest absolute Gasteiger partial charge is 0.465 e. The van der Waals surface area contributed by atoms with Crippen molar-refractivity contribution in [1.29, 1.82) is 0 Å². The van der Waals surface area contributed by atoms with Crippen LogP contribution in [0.5, 0.6) is 0 Å². The van der Waals surface area contributed by atoms with Crippen LogP contribution in [0.15, 0.2) is 54.6 Å². The lowest BCUT2D eigenvalue weighted by Crippen LogP contribution is -2.13. The molecule has 1 unspecified atom stereocenters. The highest BCUT2D eigenvalue weighted by molar-refractivity contribution is 7.68. The van der Waals surface area contributed by atoms with Gasteiger partial charge in [0.1, 0.15) is 0 Å². The minimum atomic E-state index is -0.837. The highest BCUT2D eigenvalue weighted by Crippen LogP contribution is 2.33. The van der Waals surface area contributed by atoms with Gasteiger partial charge < -0.3 is 9.26 Å². The monoisotopic (exact) mass is 274 g/mol. The zero-order valence-corrected chi connectivity index (χ0v) is 11.8. The van der Waals surface area contributed by atoms with Gasteiger partial charge in [-0.2, -0.15) is 0 Å². The van der Waals surface area contributed by atoms with E-state index in [0.717, 1.165) is 10.6 Å². The molecule has 0 saturated carbocycles. The van der Waals surface area contributed by atoms with Gasteiger partial charge in [-0.1, -0.05) is 42.5 Å². The molecular weight excluding hydrogens is 259 g/mol. The predicted octanol–water partition coefficient (Wildman–Crippen LogP) is 2.47. The number of rotatable bonds is 4. The van der Waals surface area contributed by atoms with Gasteiger partial charge in [0.05, 0.1) is 20.8 Å². The summed E-state index contributed by atoms with van der Waals surface area (Å²) in [5.41, 5.74) is 0.547. The Balaban J connectivity index is 2.27. The highest BCUT2D eigenvalue weighted by atomic mass is 31.1. The van der Waals surface area contributed by atoms with Gasteiger partial charge in [0.15, 0.2) is 0 Å². The normalized spacial score (nSPS) is 11.9. The first-order valence-corrected chi connectivity index (χ1v) is 7.10. The lowest BCUT2D eigenvalue weighted by Gasteiger charge is -2.15. The van der Waals surface area contributed by atoms with Crippen LogP contribution in [0.3, 0.4) is 0 Å². The van der Waals surface area contributed by atoms with Crippen LogP contribution in [0.25, 0.3) is 0 Å². The van der Waals surface area contributed by atoms with Crippen LogP contribution in [0.4, 0.5) is 0 Å². The van der Waals surface area contributed by atoms with E-state index in [0.29, 0.717) is 5.56 Å². The molecule has 1 atom stereocenters. The van der Waals surface area contributed by atoms with Crippen LogP contribution < -0.4 is 10.6 Å². The molecule has 0 bridgehead atoms. The Labute approximate surface area is 114 Å². The number of ether oxygens (including phenoxy) is 1. The van der Waals surface area contributed by atoms with Gasteiger partial charge in [0.25, 0.3) is 0 Å². The third-order valence-electron chi connectivity index (χ3n) is 2.70. The first-order valence-electron chi connectivity index (χ1n) is 5.84. The van der Waals surface area contributed by atoms with Crippen molar-refractivity contribution in [2.75, 3.05) is 14.2 Å². The van der Waals surface area contributed by atoms with Crippen LogP contribution in [-0.2, 0) is 9.26 Å². The molecule has 2 rings (SSSR count). The molecule has 0 radical (unpaired) electrons. The molecule has 0 aromatic heterocycles. The van der Waals surface area contributed by atoms with E-state index in [4.69, 9.17) is 4.52 Å². The zero-order valence-electron chi connectivity index (χ0n) is 10.9. The molecular formula is C15H15O3P. The quantitative estimate of drug-likeness (QED) is 0.634. The molecule has 0 aliphatic carbocycles. The lowest BCUT2D eigenvalue weighted by atomic mass is 10.2. The molecule has 0 aliphatic heterocycles. The Morgan fingerprint density at radius 3 is 2.00 bits per heavy atom. The maximum Gasteiger partial charge on any atom is 0.337 e. The second-order valence-electron chi connectivity index (χ2n) is 3.85. The number of hydrogen-bond acceptors (Lipinski definition) is 3. The van der Waals surface area contributed by atoms with Crippen molar-refractivity contribution in [1.82, 2.24) is 0 Å². The van der Waals surface area contributed by atoms with Crippen molar-refractivity contribution in [3.63, 3.8) is 0 Å². The molecule has 2 aromatic carbocycles. The van der Waals surface area contributed by atoms with Gasteiger partial charge in [-0.15, -0.1) is 0 Å². The first kappa shape index (κ1) is 13.7. The van der Waals surface area contributed by atoms with Crippen LogP contribution >= 0.6 is 8.15 Å². The topological polar surface area (TPSA) is 35.5 Å². The molecule has 0 spiro atoms. The smallest absolute Gasteiger partial charge is 0.337 e. The standard InChI is InChI=1S/C15H15O3P/c1-17-15(16)12-8-10-14(11-9-12)19(18-2)13-6-4-3-5-7-13/h3-11H,1-2H3. The Kier molecular flexibility index (Phi) is 4.67. The number of hydrogen-bond donors (Lipinski definition) is 0. The molecule has 0 amide bonds. The van der Waals surface area contributed by atoms with E-state index >= 15 is 0 Å². The minimum Gasteiger partial charge on any atom is -0.465 e. The van der Waals surface area contributed by atoms with Crippen molar-refractivity contribution in [3.05, 3.63) is 60.2 Å². The molecule has 0 aliphatic rings. The Morgan fingerprint density at radius 1 is 0.895 bits per heavy atom. The summed E-state index contributed by atoms with van der Waals surface area (Å²) in [5.74, 6) is -0.326. The Morgan fingerprint density at radius 2 is 1.47 bits per heavy atom. The predicted molar refractivity (Wildman–Crippen MR) is 77.4 cm³/mol. The minimum absolute atomic E-state index is 0.326. The van der Waals surface area contributed by atoms with Crippen molar-refractivity contribution in [3.8, 4) is 0 Å². The van der Waals surface area contributed by atoms with Crippen LogP contribution in [0.2, 0.25) is 0 Å². The number of carbonyl (C=O) groups is 1. The molecule has 2 aromatic rings. The summed E-state index contributed by atoms with van der Waals surface area (Å²) in [6, 6.07) is 17.4. The molecule has 0 heterocycles. The second-order valence-corrected chi connectivity index (χ2v) is 5.84. The Hall–Kier alpha value is -1.70. The van der Waals surface area contributed by atoms with Gasteiger partial charge >= 0.3 is 5.97 Å². The summed E-state index contributed by atoms with van der Waals surface area (Å²) in [7, 11) is 2.24. The van der Waals surface area contributed by atoms with E-state index in [9.17, 15) is 4.79 Å². The SMILES string of the molecule is COC(=O)c1ccc(P(OC)c2ccccc2)cc1. The van der Waals surface area contributed by atoms with E-state index in [2.05, 4.69) is 4.74 Å². The van der Waals surface area contributed by atoms with E-state index in [1.165, 1.54) is 7.11 Å². The van der Waals surface area contributed by atoms with Gasteiger partial charge in [0.2, 0.25) is 0 Å². The maximum absolute atomic E-state index is 11.4. The highest BCUT2D eigenvalue weighted by Gasteiger charge is 2.14. The van der Waals surface area contributed by atoms with Crippen LogP contribution in [0, 0.1) is 0 Å². The molecule has 0 saturated heterocycles. The fraction of sp³-hybridized carbons (Fsp3) is 0.133. The molecule has 0 fully saturated rings. The summed E-state index contributed by atoms with van der Waals surface area (Å²) in [5, 5.41) is 2.21. The summed E-state index contributed by atoms with van der Waals surface area (Å²) < 4.78 is 10.3. The van der Waals surface area contributed by atoms with E-state index in [1.54, 1.807) is 19.2 Å². The van der Waals surface area contributed by atoms with Gasteiger partial charge in [-0.05, 0) is 12.1 Å². The number of methoxy groups -OCH3 is 1. The van der Waals surface area contributed by atoms with E-state index in [-0.39, 0.29) is 5.97 Å². The molecule has 4 heteroatoms. The zero-order chi connectivity index (χ0) is 13.7. The number of esters is 1. The van der Waals surface area contributed by atoms with Gasteiger partial charge in [-0.25, -0.2) is 4.79 Å². The average Bonchev–Trinajstić information content (AvgIpc) is 2.49. The molecule has 0 N–H and O–H groups in total. The summed E-state index contributed by atoms with van der Waals surface area (Å²) in [6.07, 6.45) is 0. The number of benzene rings is 2. The average molecular weight is 274 g/mol. The van der Waals surface area contributed by atoms with Crippen molar-refractivity contribution in [2.24, 2.45) is 0 Å². The first-order chi connectivity index (χ1) is 9.26. The third-order valence-corrected chi connectivity index (χ3v) is 4.60.